The summed E-state index contributed by atoms with van der Waals surface area (Å²) in [5, 5.41) is 12.8. The molecule has 0 saturated carbocycles. The summed E-state index contributed by atoms with van der Waals surface area (Å²) in [5.41, 5.74) is -0.264. The topological polar surface area (TPSA) is 87.2 Å². The third kappa shape index (κ3) is 2.65. The number of aliphatic hydroxyl groups is 1. The number of rotatable bonds is 5. The fourth-order valence-corrected chi connectivity index (χ4v) is 1.94. The quantitative estimate of drug-likeness (QED) is 0.760. The lowest BCUT2D eigenvalue weighted by molar-refractivity contribution is 0.223. The maximum absolute atomic E-state index is 11.7. The lowest BCUT2D eigenvalue weighted by Crippen LogP contribution is -2.36. The van der Waals surface area contributed by atoms with E-state index < -0.39 is 5.54 Å². The molecule has 1 aromatic heterocycles. The number of methoxy groups -OCH3 is 1. The molecule has 0 spiro atoms. The van der Waals surface area contributed by atoms with Gasteiger partial charge in [0.05, 0.1) is 25.6 Å². The number of aromatic nitrogens is 2. The number of hydrogen-bond acceptors (Lipinski definition) is 5. The predicted octanol–water partition coefficient (Wildman–Crippen LogP) is 1.10. The van der Waals surface area contributed by atoms with Crippen LogP contribution in [0.3, 0.4) is 0 Å². The van der Waals surface area contributed by atoms with Gasteiger partial charge in [-0.3, -0.25) is 4.79 Å². The zero-order valence-electron chi connectivity index (χ0n) is 11.4. The monoisotopic (exact) mass is 275 g/mol. The Labute approximate surface area is 116 Å². The zero-order chi connectivity index (χ0) is 14.6. The SMILES string of the molecule is COc1c(NC(C)(CO)c2ccccc2)nc[nH]c1=O. The van der Waals surface area contributed by atoms with E-state index in [9.17, 15) is 9.90 Å². The third-order valence-corrected chi connectivity index (χ3v) is 3.14. The van der Waals surface area contributed by atoms with Gasteiger partial charge >= 0.3 is 0 Å². The van der Waals surface area contributed by atoms with Crippen LogP contribution in [0.2, 0.25) is 0 Å². The third-order valence-electron chi connectivity index (χ3n) is 3.14. The minimum atomic E-state index is -0.769. The van der Waals surface area contributed by atoms with Crippen LogP contribution in [0.15, 0.2) is 41.5 Å². The van der Waals surface area contributed by atoms with Crippen molar-refractivity contribution in [3.05, 3.63) is 52.6 Å². The maximum atomic E-state index is 11.7. The summed E-state index contributed by atoms with van der Waals surface area (Å²) in [6.07, 6.45) is 1.29. The van der Waals surface area contributed by atoms with Crippen molar-refractivity contribution in [2.45, 2.75) is 12.5 Å². The van der Waals surface area contributed by atoms with Crippen molar-refractivity contribution < 1.29 is 9.84 Å². The molecule has 106 valence electrons. The maximum Gasteiger partial charge on any atom is 0.295 e. The van der Waals surface area contributed by atoms with Gasteiger partial charge in [0.25, 0.3) is 5.56 Å². The van der Waals surface area contributed by atoms with Crippen LogP contribution >= 0.6 is 0 Å². The van der Waals surface area contributed by atoms with Crippen molar-refractivity contribution in [2.75, 3.05) is 19.0 Å². The Morgan fingerprint density at radius 3 is 2.70 bits per heavy atom. The summed E-state index contributed by atoms with van der Waals surface area (Å²) in [4.78, 5) is 18.2. The van der Waals surface area contributed by atoms with E-state index in [0.717, 1.165) is 5.56 Å². The molecule has 0 fully saturated rings. The number of H-pyrrole nitrogens is 1. The molecular weight excluding hydrogens is 258 g/mol. The number of nitrogens with one attached hydrogen (secondary N) is 2. The minimum absolute atomic E-state index is 0.0862. The summed E-state index contributed by atoms with van der Waals surface area (Å²) >= 11 is 0. The average molecular weight is 275 g/mol. The molecule has 1 aromatic carbocycles. The lowest BCUT2D eigenvalue weighted by Gasteiger charge is -2.30. The molecule has 1 unspecified atom stereocenters. The summed E-state index contributed by atoms with van der Waals surface area (Å²) in [6.45, 7) is 1.67. The highest BCUT2D eigenvalue weighted by Crippen LogP contribution is 2.27. The molecule has 0 radical (unpaired) electrons. The number of ether oxygens (including phenoxy) is 1. The van der Waals surface area contributed by atoms with E-state index >= 15 is 0 Å². The first-order valence-electron chi connectivity index (χ1n) is 6.17. The van der Waals surface area contributed by atoms with Gasteiger partial charge in [0.1, 0.15) is 0 Å². The van der Waals surface area contributed by atoms with Gasteiger partial charge in [-0.2, -0.15) is 0 Å². The molecule has 0 aliphatic carbocycles. The van der Waals surface area contributed by atoms with Gasteiger partial charge in [-0.15, -0.1) is 0 Å². The van der Waals surface area contributed by atoms with Crippen molar-refractivity contribution in [2.24, 2.45) is 0 Å². The molecule has 0 saturated heterocycles. The smallest absolute Gasteiger partial charge is 0.295 e. The lowest BCUT2D eigenvalue weighted by atomic mass is 9.93. The number of nitrogens with zero attached hydrogens (tertiary/aromatic N) is 1. The minimum Gasteiger partial charge on any atom is -0.489 e. The average Bonchev–Trinajstić information content (AvgIpc) is 2.48. The molecule has 1 atom stereocenters. The summed E-state index contributed by atoms with van der Waals surface area (Å²) in [5.74, 6) is 0.375. The van der Waals surface area contributed by atoms with Gasteiger partial charge in [-0.25, -0.2) is 4.98 Å². The molecular formula is C14H17N3O3. The van der Waals surface area contributed by atoms with Crippen molar-refractivity contribution in [1.29, 1.82) is 0 Å². The Hall–Kier alpha value is -2.34. The fraction of sp³-hybridized carbons (Fsp3) is 0.286. The Morgan fingerprint density at radius 1 is 1.40 bits per heavy atom. The van der Waals surface area contributed by atoms with E-state index in [0.29, 0.717) is 0 Å². The highest BCUT2D eigenvalue weighted by atomic mass is 16.5. The van der Waals surface area contributed by atoms with Crippen LogP contribution in [0, 0.1) is 0 Å². The Bertz CT molecular complexity index is 627. The highest BCUT2D eigenvalue weighted by molar-refractivity contribution is 5.51. The number of benzene rings is 1. The number of hydrogen-bond donors (Lipinski definition) is 3. The molecule has 6 nitrogen and oxygen atoms in total. The molecule has 2 rings (SSSR count). The summed E-state index contributed by atoms with van der Waals surface area (Å²) in [6, 6.07) is 9.44. The van der Waals surface area contributed by atoms with E-state index in [1.54, 1.807) is 0 Å². The molecule has 0 aliphatic heterocycles. The first-order valence-corrected chi connectivity index (χ1v) is 6.17. The van der Waals surface area contributed by atoms with Gasteiger partial charge < -0.3 is 20.1 Å². The Morgan fingerprint density at radius 2 is 2.10 bits per heavy atom. The number of anilines is 1. The van der Waals surface area contributed by atoms with E-state index in [2.05, 4.69) is 15.3 Å². The van der Waals surface area contributed by atoms with Gasteiger partial charge in [0.15, 0.2) is 5.82 Å². The highest BCUT2D eigenvalue weighted by Gasteiger charge is 2.27. The van der Waals surface area contributed by atoms with Gasteiger partial charge in [-0.1, -0.05) is 30.3 Å². The van der Waals surface area contributed by atoms with Crippen molar-refractivity contribution >= 4 is 5.82 Å². The molecule has 20 heavy (non-hydrogen) atoms. The molecule has 1 heterocycles. The first kappa shape index (κ1) is 14.1. The number of aromatic amines is 1. The van der Waals surface area contributed by atoms with Crippen LogP contribution in [0.25, 0.3) is 0 Å². The second-order valence-electron chi connectivity index (χ2n) is 4.59. The molecule has 2 aromatic rings. The molecule has 6 heteroatoms. The van der Waals surface area contributed by atoms with Crippen molar-refractivity contribution in [1.82, 2.24) is 9.97 Å². The van der Waals surface area contributed by atoms with Crippen LogP contribution < -0.4 is 15.6 Å². The molecule has 0 aliphatic rings. The second-order valence-corrected chi connectivity index (χ2v) is 4.59. The molecule has 0 amide bonds. The van der Waals surface area contributed by atoms with Crippen molar-refractivity contribution in [3.8, 4) is 5.75 Å². The van der Waals surface area contributed by atoms with Crippen molar-refractivity contribution in [3.63, 3.8) is 0 Å². The van der Waals surface area contributed by atoms with Crippen LogP contribution in [-0.2, 0) is 5.54 Å². The van der Waals surface area contributed by atoms with E-state index in [4.69, 9.17) is 4.74 Å². The predicted molar refractivity (Wildman–Crippen MR) is 75.9 cm³/mol. The molecule has 0 bridgehead atoms. The van der Waals surface area contributed by atoms with Crippen LogP contribution in [-0.4, -0.2) is 28.8 Å². The summed E-state index contributed by atoms with van der Waals surface area (Å²) in [7, 11) is 1.40. The van der Waals surface area contributed by atoms with E-state index in [1.165, 1.54) is 13.4 Å². The van der Waals surface area contributed by atoms with Gasteiger partial charge in [-0.05, 0) is 12.5 Å². The number of aliphatic hydroxyl groups excluding tert-OH is 1. The Kier molecular flexibility index (Phi) is 4.05. The fourth-order valence-electron chi connectivity index (χ4n) is 1.94. The molecule has 3 N–H and O–H groups in total. The largest absolute Gasteiger partial charge is 0.489 e. The standard InChI is InChI=1S/C14H17N3O3/c1-14(8-18,10-6-4-3-5-7-10)17-12-11(20-2)13(19)16-9-15-12/h3-7,9,18H,8H2,1-2H3,(H2,15,16,17,19). The second kappa shape index (κ2) is 5.75. The van der Waals surface area contributed by atoms with Gasteiger partial charge in [0, 0.05) is 0 Å². The first-order chi connectivity index (χ1) is 9.60. The van der Waals surface area contributed by atoms with Crippen LogP contribution in [0.4, 0.5) is 5.82 Å². The normalized spacial score (nSPS) is 13.6. The van der Waals surface area contributed by atoms with E-state index in [1.807, 2.05) is 37.3 Å². The Balaban J connectivity index is 2.41. The van der Waals surface area contributed by atoms with E-state index in [-0.39, 0.29) is 23.7 Å². The van der Waals surface area contributed by atoms with Crippen LogP contribution in [0.5, 0.6) is 5.75 Å². The zero-order valence-corrected chi connectivity index (χ0v) is 11.4. The summed E-state index contributed by atoms with van der Waals surface area (Å²) < 4.78 is 5.05. The van der Waals surface area contributed by atoms with Crippen LogP contribution in [0.1, 0.15) is 12.5 Å². The van der Waals surface area contributed by atoms with Gasteiger partial charge in [0.2, 0.25) is 5.75 Å².